The zero-order chi connectivity index (χ0) is 20.5. The molecule has 0 bridgehead atoms. The molecular weight excluding hydrogens is 379 g/mol. The number of hydrogen-bond acceptors (Lipinski definition) is 8. The number of aromatic nitrogens is 5. The van der Waals surface area contributed by atoms with Gasteiger partial charge in [0.2, 0.25) is 5.95 Å². The largest absolute Gasteiger partial charge is 0.368 e. The Morgan fingerprint density at radius 1 is 1.24 bits per heavy atom. The Labute approximate surface area is 162 Å². The van der Waals surface area contributed by atoms with Crippen molar-refractivity contribution in [1.82, 2.24) is 24.7 Å². The summed E-state index contributed by atoms with van der Waals surface area (Å²) < 4.78 is 15.7. The van der Waals surface area contributed by atoms with Gasteiger partial charge in [0, 0.05) is 29.6 Å². The summed E-state index contributed by atoms with van der Waals surface area (Å²) in [5.74, 6) is -0.753. The van der Waals surface area contributed by atoms with E-state index in [1.54, 1.807) is 6.07 Å². The van der Waals surface area contributed by atoms with Crippen LogP contribution in [0.15, 0.2) is 42.9 Å². The maximum Gasteiger partial charge on any atom is 0.272 e. The van der Waals surface area contributed by atoms with E-state index in [0.717, 1.165) is 6.07 Å². The number of nitrogens with zero attached hydrogens (tertiary/aromatic N) is 7. The van der Waals surface area contributed by atoms with Crippen LogP contribution in [0.3, 0.4) is 0 Å². The van der Waals surface area contributed by atoms with E-state index in [-0.39, 0.29) is 23.7 Å². The summed E-state index contributed by atoms with van der Waals surface area (Å²) in [6.45, 7) is -0.0142. The minimum Gasteiger partial charge on any atom is -0.368 e. The molecule has 3 aromatic heterocycles. The second kappa shape index (κ2) is 6.93. The van der Waals surface area contributed by atoms with E-state index in [9.17, 15) is 14.5 Å². The van der Waals surface area contributed by atoms with Crippen molar-refractivity contribution in [2.45, 2.75) is 6.54 Å². The number of pyridine rings is 1. The fourth-order valence-corrected chi connectivity index (χ4v) is 2.88. The summed E-state index contributed by atoms with van der Waals surface area (Å²) in [7, 11) is 0. The highest BCUT2D eigenvalue weighted by Crippen LogP contribution is 2.27. The first kappa shape index (κ1) is 17.9. The van der Waals surface area contributed by atoms with Crippen molar-refractivity contribution in [3.63, 3.8) is 0 Å². The molecule has 2 N–H and O–H groups in total. The van der Waals surface area contributed by atoms with E-state index in [2.05, 4.69) is 20.1 Å². The third-order valence-electron chi connectivity index (χ3n) is 4.22. The third kappa shape index (κ3) is 3.30. The van der Waals surface area contributed by atoms with Gasteiger partial charge >= 0.3 is 0 Å². The Bertz CT molecular complexity index is 1310. The summed E-state index contributed by atoms with van der Waals surface area (Å²) in [6.07, 6.45) is 4.47. The fourth-order valence-electron chi connectivity index (χ4n) is 2.88. The summed E-state index contributed by atoms with van der Waals surface area (Å²) in [6, 6.07) is 7.02. The van der Waals surface area contributed by atoms with Crippen LogP contribution in [0.5, 0.6) is 0 Å². The van der Waals surface area contributed by atoms with Crippen LogP contribution in [0.1, 0.15) is 11.1 Å². The minimum atomic E-state index is -0.726. The first-order valence-corrected chi connectivity index (χ1v) is 8.23. The standard InChI is InChI=1S/C18H11FN8O2/c19-15-4-13(27(28)29)2-1-11(15)9-26-17-14(8-23-26)16(24-18(21)25-17)12-3-10(5-20)6-22-7-12/h1-4,6-8H,9H2,(H2,21,24,25). The van der Waals surface area contributed by atoms with Gasteiger partial charge in [0.15, 0.2) is 5.65 Å². The number of nitriles is 1. The Morgan fingerprint density at radius 2 is 2.07 bits per heavy atom. The van der Waals surface area contributed by atoms with Gasteiger partial charge in [-0.3, -0.25) is 15.1 Å². The number of halogens is 1. The van der Waals surface area contributed by atoms with Crippen molar-refractivity contribution in [3.8, 4) is 17.3 Å². The Hall–Kier alpha value is -4.46. The second-order valence-corrected chi connectivity index (χ2v) is 6.08. The Balaban J connectivity index is 1.79. The van der Waals surface area contributed by atoms with Crippen LogP contribution in [-0.4, -0.2) is 29.7 Å². The van der Waals surface area contributed by atoms with E-state index in [0.29, 0.717) is 27.9 Å². The zero-order valence-electron chi connectivity index (χ0n) is 14.7. The van der Waals surface area contributed by atoms with Crippen LogP contribution in [0.2, 0.25) is 0 Å². The van der Waals surface area contributed by atoms with Crippen LogP contribution in [0, 0.1) is 27.3 Å². The number of nitro groups is 1. The van der Waals surface area contributed by atoms with Gasteiger partial charge in [0.25, 0.3) is 5.69 Å². The molecule has 0 atom stereocenters. The highest BCUT2D eigenvalue weighted by Gasteiger charge is 2.17. The maximum atomic E-state index is 14.3. The molecule has 0 aliphatic rings. The molecule has 0 aliphatic carbocycles. The summed E-state index contributed by atoms with van der Waals surface area (Å²) in [5.41, 5.74) is 7.41. The molecule has 1 aromatic carbocycles. The molecule has 10 nitrogen and oxygen atoms in total. The van der Waals surface area contributed by atoms with Crippen molar-refractivity contribution in [2.24, 2.45) is 0 Å². The van der Waals surface area contributed by atoms with E-state index in [1.165, 1.54) is 35.4 Å². The Morgan fingerprint density at radius 3 is 2.79 bits per heavy atom. The van der Waals surface area contributed by atoms with Gasteiger partial charge in [0.05, 0.1) is 40.4 Å². The molecule has 4 aromatic rings. The van der Waals surface area contributed by atoms with Crippen molar-refractivity contribution in [1.29, 1.82) is 5.26 Å². The SMILES string of the molecule is N#Cc1cncc(-c2nc(N)nc3c2cnn3Cc2ccc([N+](=O)[O-])cc2F)c1. The monoisotopic (exact) mass is 390 g/mol. The molecule has 0 unspecified atom stereocenters. The number of rotatable bonds is 4. The highest BCUT2D eigenvalue weighted by molar-refractivity contribution is 5.91. The lowest BCUT2D eigenvalue weighted by Crippen LogP contribution is -2.07. The Kier molecular flexibility index (Phi) is 4.28. The number of anilines is 1. The van der Waals surface area contributed by atoms with Crippen molar-refractivity contribution in [3.05, 3.63) is 69.9 Å². The smallest absolute Gasteiger partial charge is 0.272 e. The van der Waals surface area contributed by atoms with Crippen molar-refractivity contribution >= 4 is 22.7 Å². The van der Waals surface area contributed by atoms with Crippen LogP contribution in [0.25, 0.3) is 22.3 Å². The minimum absolute atomic E-state index is 0.0142. The number of nitrogen functional groups attached to an aromatic ring is 1. The molecule has 0 saturated carbocycles. The molecule has 0 fully saturated rings. The number of benzene rings is 1. The first-order chi connectivity index (χ1) is 14.0. The van der Waals surface area contributed by atoms with Crippen LogP contribution < -0.4 is 5.73 Å². The molecule has 3 heterocycles. The summed E-state index contributed by atoms with van der Waals surface area (Å²) in [4.78, 5) is 22.5. The predicted octanol–water partition coefficient (Wildman–Crippen LogP) is 2.44. The van der Waals surface area contributed by atoms with E-state index in [4.69, 9.17) is 11.0 Å². The number of nitrogens with two attached hydrogens (primary N) is 1. The summed E-state index contributed by atoms with van der Waals surface area (Å²) >= 11 is 0. The molecule has 142 valence electrons. The molecule has 29 heavy (non-hydrogen) atoms. The molecule has 0 aliphatic heterocycles. The summed E-state index contributed by atoms with van der Waals surface area (Å²) in [5, 5.41) is 24.6. The van der Waals surface area contributed by atoms with Gasteiger partial charge in [-0.25, -0.2) is 14.1 Å². The van der Waals surface area contributed by atoms with Crippen molar-refractivity contribution < 1.29 is 9.31 Å². The number of hydrogen-bond donors (Lipinski definition) is 1. The molecule has 4 rings (SSSR count). The first-order valence-electron chi connectivity index (χ1n) is 8.23. The predicted molar refractivity (Wildman–Crippen MR) is 99.8 cm³/mol. The zero-order valence-corrected chi connectivity index (χ0v) is 14.7. The lowest BCUT2D eigenvalue weighted by Gasteiger charge is -2.07. The molecule has 0 amide bonds. The normalized spacial score (nSPS) is 10.8. The topological polar surface area (TPSA) is 149 Å². The lowest BCUT2D eigenvalue weighted by atomic mass is 10.1. The van der Waals surface area contributed by atoms with E-state index in [1.807, 2.05) is 6.07 Å². The quantitative estimate of drug-likeness (QED) is 0.412. The van der Waals surface area contributed by atoms with Gasteiger partial charge in [-0.2, -0.15) is 15.3 Å². The fraction of sp³-hybridized carbons (Fsp3) is 0.0556. The van der Waals surface area contributed by atoms with Gasteiger partial charge < -0.3 is 5.73 Å². The molecule has 11 heteroatoms. The molecular formula is C18H11FN8O2. The number of non-ortho nitro benzene ring substituents is 1. The molecule has 0 spiro atoms. The van der Waals surface area contributed by atoms with Crippen LogP contribution in [0.4, 0.5) is 16.0 Å². The second-order valence-electron chi connectivity index (χ2n) is 6.08. The van der Waals surface area contributed by atoms with E-state index >= 15 is 0 Å². The lowest BCUT2D eigenvalue weighted by molar-refractivity contribution is -0.385. The van der Waals surface area contributed by atoms with Gasteiger partial charge in [0.1, 0.15) is 11.9 Å². The van der Waals surface area contributed by atoms with Crippen molar-refractivity contribution in [2.75, 3.05) is 5.73 Å². The average Bonchev–Trinajstić information content (AvgIpc) is 3.11. The highest BCUT2D eigenvalue weighted by atomic mass is 19.1. The number of fused-ring (bicyclic) bond motifs is 1. The van der Waals surface area contributed by atoms with Gasteiger partial charge in [-0.1, -0.05) is 0 Å². The van der Waals surface area contributed by atoms with Gasteiger partial charge in [-0.05, 0) is 12.1 Å². The molecule has 0 radical (unpaired) electrons. The maximum absolute atomic E-state index is 14.3. The average molecular weight is 390 g/mol. The molecule has 0 saturated heterocycles. The van der Waals surface area contributed by atoms with E-state index < -0.39 is 10.7 Å². The third-order valence-corrected chi connectivity index (χ3v) is 4.22. The number of nitro benzene ring substituents is 1. The van der Waals surface area contributed by atoms with Crippen LogP contribution >= 0.6 is 0 Å². The van der Waals surface area contributed by atoms with Gasteiger partial charge in [-0.15, -0.1) is 0 Å². The van der Waals surface area contributed by atoms with Crippen LogP contribution in [-0.2, 0) is 6.54 Å².